The number of halogens is 2. The van der Waals surface area contributed by atoms with E-state index in [4.69, 9.17) is 38.2 Å². The molecule has 2 N–H and O–H groups in total. The third kappa shape index (κ3) is 3.01. The van der Waals surface area contributed by atoms with E-state index >= 15 is 0 Å². The van der Waals surface area contributed by atoms with Crippen LogP contribution < -0.4 is 4.74 Å². The van der Waals surface area contributed by atoms with Gasteiger partial charge in [-0.2, -0.15) is 0 Å². The summed E-state index contributed by atoms with van der Waals surface area (Å²) in [4.78, 5) is 21.2. The molecule has 0 aliphatic heterocycles. The van der Waals surface area contributed by atoms with E-state index in [1.165, 1.54) is 12.1 Å². The minimum atomic E-state index is -1.65. The molecule has 0 aliphatic rings. The zero-order valence-electron chi connectivity index (χ0n) is 7.68. The van der Waals surface area contributed by atoms with Gasteiger partial charge >= 0.3 is 11.9 Å². The number of aromatic carboxylic acids is 1. The Hall–Kier alpha value is -1.46. The number of hydrogen-bond donors (Lipinski definition) is 2. The van der Waals surface area contributed by atoms with Crippen molar-refractivity contribution in [2.24, 2.45) is 0 Å². The van der Waals surface area contributed by atoms with Crippen molar-refractivity contribution in [1.82, 2.24) is 0 Å². The summed E-state index contributed by atoms with van der Waals surface area (Å²) in [6.45, 7) is 0. The van der Waals surface area contributed by atoms with Gasteiger partial charge in [-0.05, 0) is 18.2 Å². The fourth-order valence-electron chi connectivity index (χ4n) is 0.934. The second kappa shape index (κ2) is 5.05. The maximum Gasteiger partial charge on any atom is 0.360 e. The number of carbonyl (C=O) groups is 2. The van der Waals surface area contributed by atoms with Crippen molar-refractivity contribution in [1.29, 1.82) is 0 Å². The highest BCUT2D eigenvalue weighted by Gasteiger charge is 2.19. The van der Waals surface area contributed by atoms with Gasteiger partial charge in [-0.25, -0.2) is 9.59 Å². The van der Waals surface area contributed by atoms with E-state index in [1.54, 1.807) is 0 Å². The highest BCUT2D eigenvalue weighted by Crippen LogP contribution is 2.24. The second-order valence-corrected chi connectivity index (χ2v) is 3.55. The summed E-state index contributed by atoms with van der Waals surface area (Å²) < 4.78 is 4.75. The number of aliphatic carboxylic acids is 1. The smallest absolute Gasteiger partial charge is 0.360 e. The van der Waals surface area contributed by atoms with Gasteiger partial charge in [0.15, 0.2) is 0 Å². The van der Waals surface area contributed by atoms with Crippen LogP contribution in [0.4, 0.5) is 0 Å². The van der Waals surface area contributed by atoms with Crippen LogP contribution in [0.1, 0.15) is 10.4 Å². The van der Waals surface area contributed by atoms with Crippen molar-refractivity contribution < 1.29 is 24.5 Å². The van der Waals surface area contributed by atoms with Gasteiger partial charge in [-0.1, -0.05) is 23.2 Å². The van der Waals surface area contributed by atoms with E-state index in [-0.39, 0.29) is 16.3 Å². The van der Waals surface area contributed by atoms with Crippen LogP contribution in [0.2, 0.25) is 5.02 Å². The Labute approximate surface area is 100 Å². The molecule has 86 valence electrons. The molecule has 0 bridgehead atoms. The molecule has 5 nitrogen and oxygen atoms in total. The van der Waals surface area contributed by atoms with Gasteiger partial charge in [0.05, 0.1) is 0 Å². The summed E-state index contributed by atoms with van der Waals surface area (Å²) in [5.74, 6) is -2.85. The van der Waals surface area contributed by atoms with Crippen LogP contribution in [0.3, 0.4) is 0 Å². The van der Waals surface area contributed by atoms with Crippen LogP contribution in [-0.2, 0) is 4.79 Å². The fourth-order valence-corrected chi connectivity index (χ4v) is 1.20. The van der Waals surface area contributed by atoms with E-state index in [2.05, 4.69) is 0 Å². The molecule has 0 aliphatic carbocycles. The molecule has 1 aromatic carbocycles. The fraction of sp³-hybridized carbons (Fsp3) is 0.111. The molecule has 0 saturated heterocycles. The highest BCUT2D eigenvalue weighted by atomic mass is 35.5. The number of carboxylic acids is 2. The lowest BCUT2D eigenvalue weighted by Gasteiger charge is -2.10. The highest BCUT2D eigenvalue weighted by molar-refractivity contribution is 6.31. The lowest BCUT2D eigenvalue weighted by Crippen LogP contribution is -2.21. The number of rotatable bonds is 4. The summed E-state index contributed by atoms with van der Waals surface area (Å²) in [5.41, 5.74) is -1.90. The third-order valence-electron chi connectivity index (χ3n) is 1.60. The molecule has 7 heteroatoms. The Morgan fingerprint density at radius 1 is 1.31 bits per heavy atom. The van der Waals surface area contributed by atoms with Crippen molar-refractivity contribution in [3.63, 3.8) is 0 Å². The van der Waals surface area contributed by atoms with Gasteiger partial charge in [0.2, 0.25) is 0 Å². The lowest BCUT2D eigenvalue weighted by molar-refractivity contribution is -0.141. The average Bonchev–Trinajstić information content (AvgIpc) is 2.20. The summed E-state index contributed by atoms with van der Waals surface area (Å²) in [5, 5.41) is 17.5. The predicted octanol–water partition coefficient (Wildman–Crippen LogP) is 2.07. The maximum atomic E-state index is 10.8. The van der Waals surface area contributed by atoms with Crippen LogP contribution >= 0.6 is 23.2 Å². The Bertz CT molecular complexity index is 432. The minimum absolute atomic E-state index is 0.153. The molecule has 1 atom stereocenters. The first-order valence-corrected chi connectivity index (χ1v) is 4.79. The summed E-state index contributed by atoms with van der Waals surface area (Å²) in [6.07, 6.45) is 0. The number of benzene rings is 1. The molecular weight excluding hydrogens is 259 g/mol. The quantitative estimate of drug-likeness (QED) is 0.814. The van der Waals surface area contributed by atoms with Crippen LogP contribution in [0.15, 0.2) is 18.2 Å². The van der Waals surface area contributed by atoms with Crippen molar-refractivity contribution in [2.45, 2.75) is 5.56 Å². The topological polar surface area (TPSA) is 83.8 Å². The standard InChI is InChI=1S/C9H6Cl2O5/c10-4-1-2-6(5(3-4)8(12)13)16-7(11)9(14)15/h1-3,7H,(H,12,13)(H,14,15). The average molecular weight is 265 g/mol. The summed E-state index contributed by atoms with van der Waals surface area (Å²) in [6, 6.07) is 3.75. The number of carboxylic acid groups (broad SMARTS) is 2. The molecule has 1 unspecified atom stereocenters. The molecule has 1 rings (SSSR count). The second-order valence-electron chi connectivity index (χ2n) is 2.72. The van der Waals surface area contributed by atoms with Gasteiger partial charge in [0.25, 0.3) is 5.56 Å². The Morgan fingerprint density at radius 2 is 1.94 bits per heavy atom. The van der Waals surface area contributed by atoms with Gasteiger partial charge < -0.3 is 14.9 Å². The third-order valence-corrected chi connectivity index (χ3v) is 2.11. The summed E-state index contributed by atoms with van der Waals surface area (Å²) in [7, 11) is 0. The van der Waals surface area contributed by atoms with E-state index in [0.717, 1.165) is 6.07 Å². The first-order valence-electron chi connectivity index (χ1n) is 3.98. The van der Waals surface area contributed by atoms with Crippen LogP contribution in [0, 0.1) is 0 Å². The van der Waals surface area contributed by atoms with Crippen molar-refractivity contribution in [3.05, 3.63) is 28.8 Å². The zero-order chi connectivity index (χ0) is 12.3. The van der Waals surface area contributed by atoms with Gasteiger partial charge in [0.1, 0.15) is 11.3 Å². The maximum absolute atomic E-state index is 10.8. The van der Waals surface area contributed by atoms with Crippen LogP contribution in [0.5, 0.6) is 5.75 Å². The zero-order valence-corrected chi connectivity index (χ0v) is 9.20. The molecule has 0 aromatic heterocycles. The molecule has 0 radical (unpaired) electrons. The van der Waals surface area contributed by atoms with E-state index in [1.807, 2.05) is 0 Å². The van der Waals surface area contributed by atoms with E-state index < -0.39 is 17.5 Å². The number of alkyl halides is 1. The normalized spacial score (nSPS) is 11.9. The Kier molecular flexibility index (Phi) is 3.98. The van der Waals surface area contributed by atoms with Gasteiger partial charge in [-0.15, -0.1) is 0 Å². The van der Waals surface area contributed by atoms with Crippen LogP contribution in [-0.4, -0.2) is 27.7 Å². The molecule has 0 fully saturated rings. The predicted molar refractivity (Wildman–Crippen MR) is 56.3 cm³/mol. The van der Waals surface area contributed by atoms with Gasteiger partial charge in [-0.3, -0.25) is 0 Å². The minimum Gasteiger partial charge on any atom is -0.478 e. The molecule has 0 amide bonds. The first kappa shape index (κ1) is 12.6. The largest absolute Gasteiger partial charge is 0.478 e. The lowest BCUT2D eigenvalue weighted by atomic mass is 10.2. The van der Waals surface area contributed by atoms with Crippen molar-refractivity contribution in [3.8, 4) is 5.75 Å². The van der Waals surface area contributed by atoms with Crippen LogP contribution in [0.25, 0.3) is 0 Å². The molecule has 0 spiro atoms. The Morgan fingerprint density at radius 3 is 2.44 bits per heavy atom. The molecule has 0 heterocycles. The number of ether oxygens (including phenoxy) is 1. The van der Waals surface area contributed by atoms with E-state index in [0.29, 0.717) is 0 Å². The number of hydrogen-bond acceptors (Lipinski definition) is 3. The first-order chi connectivity index (χ1) is 7.41. The Balaban J connectivity index is 3.04. The van der Waals surface area contributed by atoms with E-state index in [9.17, 15) is 9.59 Å². The monoisotopic (exact) mass is 264 g/mol. The van der Waals surface area contributed by atoms with Crippen molar-refractivity contribution in [2.75, 3.05) is 0 Å². The molecular formula is C9H6Cl2O5. The molecule has 0 saturated carbocycles. The van der Waals surface area contributed by atoms with Gasteiger partial charge in [0, 0.05) is 5.02 Å². The SMILES string of the molecule is O=C(O)c1cc(Cl)ccc1OC(Cl)C(=O)O. The molecule has 16 heavy (non-hydrogen) atoms. The molecule has 1 aromatic rings. The van der Waals surface area contributed by atoms with Crippen molar-refractivity contribution >= 4 is 35.1 Å². The summed E-state index contributed by atoms with van der Waals surface area (Å²) >= 11 is 10.9.